The number of carboxylic acids is 1. The topological polar surface area (TPSA) is 54.4 Å². The molecule has 0 radical (unpaired) electrons. The standard InChI is InChI=1S/C10H7BrO3/c11-9-6(10(13)14)3-1-5-2-4-7(12)8(5)9/h1,3H,2,4H2,(H,13,14). The van der Waals surface area contributed by atoms with Crippen LogP contribution < -0.4 is 0 Å². The van der Waals surface area contributed by atoms with E-state index in [2.05, 4.69) is 15.9 Å². The summed E-state index contributed by atoms with van der Waals surface area (Å²) in [6, 6.07) is 3.25. The van der Waals surface area contributed by atoms with Gasteiger partial charge in [0.2, 0.25) is 0 Å². The van der Waals surface area contributed by atoms with Gasteiger partial charge >= 0.3 is 5.97 Å². The van der Waals surface area contributed by atoms with E-state index in [1.807, 2.05) is 0 Å². The van der Waals surface area contributed by atoms with Crippen LogP contribution in [-0.2, 0) is 6.42 Å². The summed E-state index contributed by atoms with van der Waals surface area (Å²) in [4.78, 5) is 22.2. The Morgan fingerprint density at radius 3 is 2.71 bits per heavy atom. The molecule has 0 aliphatic heterocycles. The first-order chi connectivity index (χ1) is 6.61. The van der Waals surface area contributed by atoms with E-state index in [1.165, 1.54) is 6.07 Å². The molecule has 0 spiro atoms. The third-order valence-electron chi connectivity index (χ3n) is 2.36. The van der Waals surface area contributed by atoms with Crippen LogP contribution in [0.1, 0.15) is 32.7 Å². The zero-order valence-electron chi connectivity index (χ0n) is 7.21. The molecule has 0 saturated carbocycles. The molecular weight excluding hydrogens is 248 g/mol. The monoisotopic (exact) mass is 254 g/mol. The molecule has 0 atom stereocenters. The molecule has 0 aromatic heterocycles. The smallest absolute Gasteiger partial charge is 0.336 e. The quantitative estimate of drug-likeness (QED) is 0.837. The number of ketones is 1. The Balaban J connectivity index is 2.67. The molecular formula is C10H7BrO3. The molecule has 1 aromatic carbocycles. The molecule has 0 fully saturated rings. The Labute approximate surface area is 88.9 Å². The summed E-state index contributed by atoms with van der Waals surface area (Å²) in [5.41, 5.74) is 1.63. The van der Waals surface area contributed by atoms with Crippen molar-refractivity contribution in [1.29, 1.82) is 0 Å². The van der Waals surface area contributed by atoms with E-state index in [0.717, 1.165) is 5.56 Å². The lowest BCUT2D eigenvalue weighted by atomic mass is 10.1. The van der Waals surface area contributed by atoms with Gasteiger partial charge in [0.15, 0.2) is 5.78 Å². The van der Waals surface area contributed by atoms with Crippen LogP contribution in [0.4, 0.5) is 0 Å². The molecule has 72 valence electrons. The number of carbonyl (C=O) groups is 2. The molecule has 4 heteroatoms. The highest BCUT2D eigenvalue weighted by atomic mass is 79.9. The summed E-state index contributed by atoms with van der Waals surface area (Å²) < 4.78 is 0.421. The second-order valence-electron chi connectivity index (χ2n) is 3.19. The second kappa shape index (κ2) is 3.20. The summed E-state index contributed by atoms with van der Waals surface area (Å²) in [6.45, 7) is 0. The van der Waals surface area contributed by atoms with E-state index in [-0.39, 0.29) is 11.3 Å². The van der Waals surface area contributed by atoms with Crippen LogP contribution in [0.15, 0.2) is 16.6 Å². The lowest BCUT2D eigenvalue weighted by Crippen LogP contribution is -2.02. The summed E-state index contributed by atoms with van der Waals surface area (Å²) in [5, 5.41) is 8.84. The first-order valence-corrected chi connectivity index (χ1v) is 4.98. The Bertz CT molecular complexity index is 437. The predicted octanol–water partition coefficient (Wildman–Crippen LogP) is 2.28. The molecule has 0 bridgehead atoms. The van der Waals surface area contributed by atoms with Crippen LogP contribution in [0.2, 0.25) is 0 Å². The summed E-state index contributed by atoms with van der Waals surface area (Å²) in [6.07, 6.45) is 1.20. The van der Waals surface area contributed by atoms with Gasteiger partial charge in [0.1, 0.15) is 0 Å². The van der Waals surface area contributed by atoms with Gasteiger partial charge in [-0.2, -0.15) is 0 Å². The van der Waals surface area contributed by atoms with E-state index in [9.17, 15) is 9.59 Å². The van der Waals surface area contributed by atoms with E-state index < -0.39 is 5.97 Å². The maximum absolute atomic E-state index is 11.4. The van der Waals surface area contributed by atoms with Gasteiger partial charge in [0.05, 0.1) is 5.56 Å². The molecule has 0 saturated heterocycles. The highest BCUT2D eigenvalue weighted by molar-refractivity contribution is 9.10. The Hall–Kier alpha value is -1.16. The van der Waals surface area contributed by atoms with Gasteiger partial charge in [0, 0.05) is 16.5 Å². The zero-order valence-corrected chi connectivity index (χ0v) is 8.80. The molecule has 0 heterocycles. The van der Waals surface area contributed by atoms with Crippen molar-refractivity contribution < 1.29 is 14.7 Å². The minimum absolute atomic E-state index is 0.0231. The first-order valence-electron chi connectivity index (χ1n) is 4.19. The molecule has 1 aliphatic carbocycles. The van der Waals surface area contributed by atoms with Crippen molar-refractivity contribution in [2.45, 2.75) is 12.8 Å². The number of fused-ring (bicyclic) bond motifs is 1. The fraction of sp³-hybridized carbons (Fsp3) is 0.200. The Kier molecular flexibility index (Phi) is 2.15. The molecule has 2 rings (SSSR count). The number of aromatic carboxylic acids is 1. The molecule has 0 unspecified atom stereocenters. The van der Waals surface area contributed by atoms with Gasteiger partial charge in [-0.15, -0.1) is 0 Å². The van der Waals surface area contributed by atoms with Gasteiger partial charge in [-0.25, -0.2) is 4.79 Å². The third kappa shape index (κ3) is 1.26. The SMILES string of the molecule is O=C(O)c1ccc2c(c1Br)C(=O)CC2. The predicted molar refractivity (Wildman–Crippen MR) is 53.8 cm³/mol. The van der Waals surface area contributed by atoms with Gasteiger partial charge in [-0.1, -0.05) is 6.07 Å². The van der Waals surface area contributed by atoms with Crippen molar-refractivity contribution in [3.8, 4) is 0 Å². The number of aryl methyl sites for hydroxylation is 1. The average molecular weight is 255 g/mol. The van der Waals surface area contributed by atoms with Crippen LogP contribution in [0.25, 0.3) is 0 Å². The van der Waals surface area contributed by atoms with Gasteiger partial charge in [-0.05, 0) is 34.0 Å². The average Bonchev–Trinajstić information content (AvgIpc) is 2.48. The Morgan fingerprint density at radius 1 is 1.36 bits per heavy atom. The van der Waals surface area contributed by atoms with E-state index in [0.29, 0.717) is 22.9 Å². The number of carbonyl (C=O) groups excluding carboxylic acids is 1. The lowest BCUT2D eigenvalue weighted by Gasteiger charge is -2.04. The largest absolute Gasteiger partial charge is 0.478 e. The molecule has 1 N–H and O–H groups in total. The molecule has 3 nitrogen and oxygen atoms in total. The number of Topliss-reactive ketones (excluding diaryl/α,β-unsaturated/α-hetero) is 1. The van der Waals surface area contributed by atoms with Crippen molar-refractivity contribution in [2.24, 2.45) is 0 Å². The Morgan fingerprint density at radius 2 is 2.07 bits per heavy atom. The summed E-state index contributed by atoms with van der Waals surface area (Å²) >= 11 is 3.17. The zero-order chi connectivity index (χ0) is 10.3. The molecule has 1 aromatic rings. The number of halogens is 1. The minimum Gasteiger partial charge on any atom is -0.478 e. The van der Waals surface area contributed by atoms with Gasteiger partial charge in [-0.3, -0.25) is 4.79 Å². The minimum atomic E-state index is -1.01. The normalized spacial score (nSPS) is 14.2. The van der Waals surface area contributed by atoms with Crippen LogP contribution in [-0.4, -0.2) is 16.9 Å². The summed E-state index contributed by atoms with van der Waals surface area (Å²) in [5.74, 6) is -0.991. The van der Waals surface area contributed by atoms with Crippen LogP contribution in [0.3, 0.4) is 0 Å². The van der Waals surface area contributed by atoms with Gasteiger partial charge in [0.25, 0.3) is 0 Å². The number of benzene rings is 1. The molecule has 1 aliphatic rings. The fourth-order valence-corrected chi connectivity index (χ4v) is 2.44. The number of hydrogen-bond donors (Lipinski definition) is 1. The van der Waals surface area contributed by atoms with Crippen molar-refractivity contribution in [3.05, 3.63) is 33.3 Å². The maximum Gasteiger partial charge on any atom is 0.336 e. The van der Waals surface area contributed by atoms with Crippen molar-refractivity contribution >= 4 is 27.7 Å². The van der Waals surface area contributed by atoms with Crippen LogP contribution in [0, 0.1) is 0 Å². The molecule has 0 amide bonds. The molecule has 14 heavy (non-hydrogen) atoms. The second-order valence-corrected chi connectivity index (χ2v) is 3.98. The highest BCUT2D eigenvalue weighted by Gasteiger charge is 2.25. The number of hydrogen-bond acceptors (Lipinski definition) is 2. The maximum atomic E-state index is 11.4. The number of rotatable bonds is 1. The van der Waals surface area contributed by atoms with Gasteiger partial charge < -0.3 is 5.11 Å². The van der Waals surface area contributed by atoms with Crippen LogP contribution in [0.5, 0.6) is 0 Å². The fourth-order valence-electron chi connectivity index (χ4n) is 1.66. The van der Waals surface area contributed by atoms with E-state index in [4.69, 9.17) is 5.11 Å². The van der Waals surface area contributed by atoms with E-state index in [1.54, 1.807) is 6.07 Å². The first kappa shape index (κ1) is 9.40. The third-order valence-corrected chi connectivity index (χ3v) is 3.18. The summed E-state index contributed by atoms with van der Waals surface area (Å²) in [7, 11) is 0. The van der Waals surface area contributed by atoms with Crippen molar-refractivity contribution in [2.75, 3.05) is 0 Å². The van der Waals surface area contributed by atoms with E-state index >= 15 is 0 Å². The van der Waals surface area contributed by atoms with Crippen molar-refractivity contribution in [1.82, 2.24) is 0 Å². The number of carboxylic acid groups (broad SMARTS) is 1. The highest BCUT2D eigenvalue weighted by Crippen LogP contribution is 2.31. The van der Waals surface area contributed by atoms with Crippen molar-refractivity contribution in [3.63, 3.8) is 0 Å². The van der Waals surface area contributed by atoms with Crippen LogP contribution >= 0.6 is 15.9 Å². The lowest BCUT2D eigenvalue weighted by molar-refractivity contribution is 0.0696.